The maximum Gasteiger partial charge on any atom is 0.255 e. The maximum atomic E-state index is 12.9. The second kappa shape index (κ2) is 7.22. The second-order valence-corrected chi connectivity index (χ2v) is 9.10. The van der Waals surface area contributed by atoms with Crippen molar-refractivity contribution in [3.63, 3.8) is 0 Å². The van der Waals surface area contributed by atoms with Crippen LogP contribution in [0.4, 0.5) is 0 Å². The molecule has 4 aliphatic heterocycles. The minimum Gasteiger partial charge on any atom is -0.322 e. The number of imide groups is 1. The number of rotatable bonds is 5. The summed E-state index contributed by atoms with van der Waals surface area (Å²) >= 11 is 0. The molecule has 6 rings (SSSR count). The van der Waals surface area contributed by atoms with Crippen LogP contribution in [0.3, 0.4) is 0 Å². The number of nitrogens with zero attached hydrogens (tertiary/aromatic N) is 1. The molecule has 1 atom stereocenters. The van der Waals surface area contributed by atoms with Crippen LogP contribution in [0.25, 0.3) is 0 Å². The van der Waals surface area contributed by atoms with E-state index in [4.69, 9.17) is 0 Å². The predicted octanol–water partition coefficient (Wildman–Crippen LogP) is 1.07. The number of hydrogen-bond donors (Lipinski definition) is 3. The highest BCUT2D eigenvalue weighted by atomic mass is 16.2. The summed E-state index contributed by atoms with van der Waals surface area (Å²) in [5.74, 6) is 0.136. The number of carbonyl (C=O) groups excluding carboxylic acids is 3. The maximum absolute atomic E-state index is 12.9. The van der Waals surface area contributed by atoms with Gasteiger partial charge in [-0.05, 0) is 61.8 Å². The smallest absolute Gasteiger partial charge is 0.255 e. The first kappa shape index (κ1) is 18.8. The number of benzene rings is 1. The molecule has 3 amide bonds. The van der Waals surface area contributed by atoms with E-state index in [-0.39, 0.29) is 29.7 Å². The highest BCUT2D eigenvalue weighted by Gasteiger charge is 2.40. The summed E-state index contributed by atoms with van der Waals surface area (Å²) in [4.78, 5) is 38.1. The van der Waals surface area contributed by atoms with E-state index in [2.05, 4.69) is 22.0 Å². The zero-order valence-electron chi connectivity index (χ0n) is 16.6. The van der Waals surface area contributed by atoms with Crippen LogP contribution in [0.1, 0.15) is 60.0 Å². The van der Waals surface area contributed by atoms with Crippen LogP contribution in [-0.2, 0) is 22.7 Å². The summed E-state index contributed by atoms with van der Waals surface area (Å²) in [5.41, 5.74) is 2.96. The Kier molecular flexibility index (Phi) is 4.67. The van der Waals surface area contributed by atoms with Gasteiger partial charge in [0.2, 0.25) is 11.8 Å². The van der Waals surface area contributed by atoms with Crippen molar-refractivity contribution in [1.82, 2.24) is 20.9 Å². The Hall–Kier alpha value is -2.25. The van der Waals surface area contributed by atoms with E-state index in [9.17, 15) is 14.4 Å². The monoisotopic (exact) mass is 396 g/mol. The molecule has 29 heavy (non-hydrogen) atoms. The van der Waals surface area contributed by atoms with Gasteiger partial charge in [0.15, 0.2) is 0 Å². The molecule has 0 aromatic heterocycles. The zero-order valence-corrected chi connectivity index (χ0v) is 16.6. The van der Waals surface area contributed by atoms with Crippen molar-refractivity contribution in [3.05, 3.63) is 34.9 Å². The summed E-state index contributed by atoms with van der Waals surface area (Å²) in [6.07, 6.45) is 5.83. The molecule has 3 N–H and O–H groups in total. The van der Waals surface area contributed by atoms with Gasteiger partial charge in [0, 0.05) is 37.2 Å². The van der Waals surface area contributed by atoms with Gasteiger partial charge in [-0.15, -0.1) is 0 Å². The molecule has 2 bridgehead atoms. The van der Waals surface area contributed by atoms with Gasteiger partial charge < -0.3 is 15.5 Å². The topological polar surface area (TPSA) is 90.5 Å². The fourth-order valence-electron chi connectivity index (χ4n) is 5.37. The van der Waals surface area contributed by atoms with Crippen molar-refractivity contribution >= 4 is 17.7 Å². The average molecular weight is 396 g/mol. The first-order valence-corrected chi connectivity index (χ1v) is 10.8. The van der Waals surface area contributed by atoms with E-state index in [1.165, 1.54) is 25.7 Å². The number of hydrogen-bond acceptors (Lipinski definition) is 5. The lowest BCUT2D eigenvalue weighted by Gasteiger charge is -2.47. The SMILES string of the molecule is O=C1CCC(N2Cc3ccc(CNCC45CCC(CC4)CN5)cc3C2=O)C(=O)N1. The van der Waals surface area contributed by atoms with Gasteiger partial charge in [-0.25, -0.2) is 0 Å². The molecule has 7 nitrogen and oxygen atoms in total. The molecule has 1 aromatic carbocycles. The lowest BCUT2D eigenvalue weighted by Crippen LogP contribution is -2.60. The molecule has 1 unspecified atom stereocenters. The first-order chi connectivity index (χ1) is 14.0. The first-order valence-electron chi connectivity index (χ1n) is 10.8. The van der Waals surface area contributed by atoms with Gasteiger partial charge in [-0.2, -0.15) is 0 Å². The third-order valence-corrected chi connectivity index (χ3v) is 7.21. The predicted molar refractivity (Wildman–Crippen MR) is 107 cm³/mol. The Morgan fingerprint density at radius 1 is 1.14 bits per heavy atom. The van der Waals surface area contributed by atoms with Crippen molar-refractivity contribution in [2.24, 2.45) is 5.92 Å². The lowest BCUT2D eigenvalue weighted by atomic mass is 9.72. The third kappa shape index (κ3) is 3.46. The summed E-state index contributed by atoms with van der Waals surface area (Å²) in [5, 5.41) is 9.67. The summed E-state index contributed by atoms with van der Waals surface area (Å²) < 4.78 is 0. The highest BCUT2D eigenvalue weighted by Crippen LogP contribution is 2.36. The standard InChI is InChI=1S/C22H28N4O3/c27-19-4-3-18(20(28)25-19)26-12-16-2-1-15(9-17(16)21(26)29)10-23-13-22-7-5-14(6-8-22)11-24-22/h1-2,9,14,18,23-24H,3-8,10-13H2,(H,25,27,28). The largest absolute Gasteiger partial charge is 0.322 e. The number of carbonyl (C=O) groups is 3. The molecule has 1 saturated carbocycles. The zero-order chi connectivity index (χ0) is 20.0. The number of amides is 3. The molecule has 4 fully saturated rings. The van der Waals surface area contributed by atoms with Crippen LogP contribution in [-0.4, -0.2) is 47.3 Å². The van der Waals surface area contributed by atoms with E-state index < -0.39 is 6.04 Å². The van der Waals surface area contributed by atoms with Crippen molar-refractivity contribution in [2.45, 2.75) is 63.2 Å². The van der Waals surface area contributed by atoms with Gasteiger partial charge in [0.1, 0.15) is 6.04 Å². The van der Waals surface area contributed by atoms with Crippen LogP contribution < -0.4 is 16.0 Å². The number of nitrogens with one attached hydrogen (secondary N) is 3. The van der Waals surface area contributed by atoms with E-state index in [0.717, 1.165) is 36.7 Å². The molecular formula is C22H28N4O3. The Morgan fingerprint density at radius 2 is 1.97 bits per heavy atom. The van der Waals surface area contributed by atoms with Crippen LogP contribution >= 0.6 is 0 Å². The highest BCUT2D eigenvalue weighted by molar-refractivity contribution is 6.05. The Bertz CT molecular complexity index is 846. The molecule has 0 radical (unpaired) electrons. The van der Waals surface area contributed by atoms with Crippen LogP contribution in [0, 0.1) is 5.92 Å². The van der Waals surface area contributed by atoms with Crippen LogP contribution in [0.15, 0.2) is 18.2 Å². The van der Waals surface area contributed by atoms with Gasteiger partial charge in [-0.1, -0.05) is 12.1 Å². The van der Waals surface area contributed by atoms with E-state index >= 15 is 0 Å². The molecule has 1 aromatic rings. The third-order valence-electron chi connectivity index (χ3n) is 7.21. The minimum atomic E-state index is -0.555. The van der Waals surface area contributed by atoms with Gasteiger partial charge >= 0.3 is 0 Å². The molecule has 7 heteroatoms. The Balaban J connectivity index is 1.22. The normalized spacial score (nSPS) is 31.2. The van der Waals surface area contributed by atoms with Gasteiger partial charge in [0.25, 0.3) is 5.91 Å². The molecule has 4 heterocycles. The van der Waals surface area contributed by atoms with Crippen molar-refractivity contribution in [3.8, 4) is 0 Å². The van der Waals surface area contributed by atoms with Gasteiger partial charge in [-0.3, -0.25) is 19.7 Å². The van der Waals surface area contributed by atoms with Crippen LogP contribution in [0.2, 0.25) is 0 Å². The Morgan fingerprint density at radius 3 is 2.69 bits per heavy atom. The Labute approximate surface area is 170 Å². The van der Waals surface area contributed by atoms with E-state index in [0.29, 0.717) is 18.5 Å². The second-order valence-electron chi connectivity index (χ2n) is 9.10. The van der Waals surface area contributed by atoms with Crippen molar-refractivity contribution in [1.29, 1.82) is 0 Å². The quantitative estimate of drug-likeness (QED) is 0.648. The van der Waals surface area contributed by atoms with Crippen LogP contribution in [0.5, 0.6) is 0 Å². The molecule has 0 spiro atoms. The number of piperidine rings is 3. The summed E-state index contributed by atoms with van der Waals surface area (Å²) in [7, 11) is 0. The summed E-state index contributed by atoms with van der Waals surface area (Å²) in [6.45, 7) is 3.26. The molecule has 1 aliphatic carbocycles. The van der Waals surface area contributed by atoms with Gasteiger partial charge in [0.05, 0.1) is 0 Å². The fourth-order valence-corrected chi connectivity index (χ4v) is 5.37. The average Bonchev–Trinajstić information content (AvgIpc) is 3.05. The number of fused-ring (bicyclic) bond motifs is 4. The van der Waals surface area contributed by atoms with Crippen molar-refractivity contribution in [2.75, 3.05) is 13.1 Å². The molecule has 154 valence electrons. The lowest BCUT2D eigenvalue weighted by molar-refractivity contribution is -0.136. The fraction of sp³-hybridized carbons (Fsp3) is 0.591. The van der Waals surface area contributed by atoms with E-state index in [1.54, 1.807) is 4.90 Å². The van der Waals surface area contributed by atoms with E-state index in [1.807, 2.05) is 12.1 Å². The molecule has 5 aliphatic rings. The molecular weight excluding hydrogens is 368 g/mol. The molecule has 3 saturated heterocycles. The van der Waals surface area contributed by atoms with Crippen molar-refractivity contribution < 1.29 is 14.4 Å². The minimum absolute atomic E-state index is 0.109. The summed E-state index contributed by atoms with van der Waals surface area (Å²) in [6, 6.07) is 5.47.